The van der Waals surface area contributed by atoms with E-state index in [1.807, 2.05) is 24.3 Å². The van der Waals surface area contributed by atoms with Gasteiger partial charge in [-0.2, -0.15) is 0 Å². The quantitative estimate of drug-likeness (QED) is 0.194. The van der Waals surface area contributed by atoms with Crippen LogP contribution in [-0.4, -0.2) is 54.2 Å². The fraction of sp³-hybridized carbons (Fsp3) is 0.184. The van der Waals surface area contributed by atoms with E-state index in [9.17, 15) is 28.4 Å². The molecule has 3 atom stereocenters. The van der Waals surface area contributed by atoms with Gasteiger partial charge in [0.2, 0.25) is 23.6 Å². The van der Waals surface area contributed by atoms with Gasteiger partial charge in [-0.15, -0.1) is 0 Å². The fourth-order valence-electron chi connectivity index (χ4n) is 5.32. The second-order valence-corrected chi connectivity index (χ2v) is 11.6. The van der Waals surface area contributed by atoms with Crippen molar-refractivity contribution in [3.63, 3.8) is 0 Å². The number of nitrogens with one attached hydrogen (secondary N) is 5. The summed E-state index contributed by atoms with van der Waals surface area (Å²) in [5, 5.41) is 13.4. The van der Waals surface area contributed by atoms with Gasteiger partial charge in [0.1, 0.15) is 29.6 Å². The molecule has 1 aliphatic rings. The third-order valence-corrected chi connectivity index (χ3v) is 7.86. The molecule has 5 rings (SSSR count). The average molecular weight is 662 g/mol. The molecule has 1 fully saturated rings. The van der Waals surface area contributed by atoms with Crippen LogP contribution in [0.5, 0.6) is 0 Å². The van der Waals surface area contributed by atoms with Gasteiger partial charge >= 0.3 is 0 Å². The summed E-state index contributed by atoms with van der Waals surface area (Å²) in [7, 11) is 0. The molecule has 1 saturated heterocycles. The van der Waals surface area contributed by atoms with Gasteiger partial charge in [0.25, 0.3) is 5.91 Å². The Morgan fingerprint density at radius 3 is 1.53 bits per heavy atom. The van der Waals surface area contributed by atoms with Crippen LogP contribution >= 0.6 is 0 Å². The Morgan fingerprint density at radius 2 is 1.00 bits per heavy atom. The first-order chi connectivity index (χ1) is 23.7. The Morgan fingerprint density at radius 1 is 0.551 bits per heavy atom. The third kappa shape index (κ3) is 10.2. The normalized spacial score (nSPS) is 20.1. The molecule has 5 N–H and O–H groups in total. The smallest absolute Gasteiger partial charge is 0.268 e. The van der Waals surface area contributed by atoms with Crippen LogP contribution in [0.25, 0.3) is 6.08 Å². The molecule has 10 nitrogen and oxygen atoms in total. The summed E-state index contributed by atoms with van der Waals surface area (Å²) in [5.41, 5.74) is 2.50. The molecule has 1 aliphatic heterocycles. The highest BCUT2D eigenvalue weighted by molar-refractivity contribution is 6.04. The number of carbonyl (C=O) groups excluding carboxylic acids is 5. The van der Waals surface area contributed by atoms with Gasteiger partial charge in [-0.05, 0) is 40.5 Å². The highest BCUT2D eigenvalue weighted by Crippen LogP contribution is 2.12. The van der Waals surface area contributed by atoms with E-state index in [1.54, 1.807) is 66.7 Å². The van der Waals surface area contributed by atoms with Crippen molar-refractivity contribution in [1.82, 2.24) is 26.6 Å². The van der Waals surface area contributed by atoms with Crippen molar-refractivity contribution in [3.8, 4) is 0 Å². The standard InChI is InChI=1S/C38H36FN5O5/c39-29-18-16-28(17-19-29)23-30-35(46)40-24-34(45)41-31(20-25-10-4-1-5-11-25)36(47)43-33(22-27-14-8-3-9-15-27)38(49)44-32(37(48)42-30)21-26-12-6-2-7-13-26/h1-20,30,32-33H,21-24H2,(H,40,46)(H,41,45)(H,42,48)(H,43,47)(H,44,49)/b31-20-/t30-,32+,33-/m0/s1. The van der Waals surface area contributed by atoms with E-state index in [1.165, 1.54) is 30.3 Å². The first-order valence-corrected chi connectivity index (χ1v) is 15.8. The SMILES string of the molecule is O=C1CNC(=O)[C@H](Cc2ccc(F)cc2)NC(=O)[C@@H](Cc2ccccc2)NC(=O)[C@H](Cc2ccccc2)NC(=O)/C(=C/c2ccccc2)N1. The van der Waals surface area contributed by atoms with Gasteiger partial charge in [0.15, 0.2) is 0 Å². The van der Waals surface area contributed by atoms with Crippen LogP contribution in [0, 0.1) is 5.82 Å². The molecule has 4 aromatic carbocycles. The molecule has 11 heteroatoms. The number of benzene rings is 4. The topological polar surface area (TPSA) is 146 Å². The molecule has 0 saturated carbocycles. The van der Waals surface area contributed by atoms with Crippen LogP contribution in [0.1, 0.15) is 22.3 Å². The first kappa shape index (κ1) is 34.2. The predicted molar refractivity (Wildman–Crippen MR) is 182 cm³/mol. The van der Waals surface area contributed by atoms with Crippen LogP contribution in [0.15, 0.2) is 121 Å². The molecule has 1 heterocycles. The van der Waals surface area contributed by atoms with Crippen LogP contribution in [-0.2, 0) is 43.2 Å². The summed E-state index contributed by atoms with van der Waals surface area (Å²) in [5.74, 6) is -3.91. The Kier molecular flexibility index (Phi) is 11.6. The summed E-state index contributed by atoms with van der Waals surface area (Å²) in [4.78, 5) is 68.3. The Labute approximate surface area is 283 Å². The minimum absolute atomic E-state index is 0.0265. The zero-order chi connectivity index (χ0) is 34.6. The number of amides is 5. The van der Waals surface area contributed by atoms with Crippen molar-refractivity contribution in [1.29, 1.82) is 0 Å². The van der Waals surface area contributed by atoms with E-state index in [0.29, 0.717) is 11.1 Å². The molecule has 250 valence electrons. The second kappa shape index (κ2) is 16.6. The fourth-order valence-corrected chi connectivity index (χ4v) is 5.32. The minimum atomic E-state index is -1.19. The lowest BCUT2D eigenvalue weighted by atomic mass is 10.0. The van der Waals surface area contributed by atoms with Gasteiger partial charge in [0.05, 0.1) is 6.54 Å². The molecular weight excluding hydrogens is 625 g/mol. The largest absolute Gasteiger partial charge is 0.345 e. The molecule has 0 spiro atoms. The van der Waals surface area contributed by atoms with Crippen LogP contribution in [0.2, 0.25) is 0 Å². The highest BCUT2D eigenvalue weighted by atomic mass is 19.1. The predicted octanol–water partition coefficient (Wildman–Crippen LogP) is 2.60. The van der Waals surface area contributed by atoms with Gasteiger partial charge in [-0.25, -0.2) is 4.39 Å². The highest BCUT2D eigenvalue weighted by Gasteiger charge is 2.31. The van der Waals surface area contributed by atoms with Crippen molar-refractivity contribution in [3.05, 3.63) is 149 Å². The monoisotopic (exact) mass is 661 g/mol. The summed E-state index contributed by atoms with van der Waals surface area (Å²) < 4.78 is 13.6. The van der Waals surface area contributed by atoms with E-state index in [-0.39, 0.29) is 25.0 Å². The first-order valence-electron chi connectivity index (χ1n) is 15.8. The summed E-state index contributed by atoms with van der Waals surface area (Å²) >= 11 is 0. The van der Waals surface area contributed by atoms with Crippen LogP contribution in [0.4, 0.5) is 4.39 Å². The zero-order valence-electron chi connectivity index (χ0n) is 26.5. The molecule has 0 bridgehead atoms. The van der Waals surface area contributed by atoms with E-state index in [0.717, 1.165) is 11.1 Å². The molecule has 0 aromatic heterocycles. The number of halogens is 1. The Hall–Kier alpha value is -6.10. The van der Waals surface area contributed by atoms with E-state index >= 15 is 0 Å². The van der Waals surface area contributed by atoms with Crippen molar-refractivity contribution >= 4 is 35.6 Å². The Bertz CT molecular complexity index is 1800. The number of carbonyl (C=O) groups is 5. The van der Waals surface area contributed by atoms with Crippen LogP contribution < -0.4 is 26.6 Å². The summed E-state index contributed by atoms with van der Waals surface area (Å²) in [6.07, 6.45) is 1.60. The van der Waals surface area contributed by atoms with Crippen molar-refractivity contribution in [2.24, 2.45) is 0 Å². The number of hydrogen-bond acceptors (Lipinski definition) is 5. The van der Waals surface area contributed by atoms with E-state index in [4.69, 9.17) is 0 Å². The number of rotatable bonds is 7. The van der Waals surface area contributed by atoms with Gasteiger partial charge in [-0.1, -0.05) is 103 Å². The molecule has 5 amide bonds. The molecular formula is C38H36FN5O5. The lowest BCUT2D eigenvalue weighted by molar-refractivity contribution is -0.133. The number of hydrogen-bond donors (Lipinski definition) is 5. The Balaban J connectivity index is 1.52. The van der Waals surface area contributed by atoms with Gasteiger partial charge in [-0.3, -0.25) is 24.0 Å². The van der Waals surface area contributed by atoms with Crippen molar-refractivity contribution in [2.75, 3.05) is 6.54 Å². The zero-order valence-corrected chi connectivity index (χ0v) is 26.5. The molecule has 0 aliphatic carbocycles. The molecule has 0 radical (unpaired) electrons. The average Bonchev–Trinajstić information content (AvgIpc) is 3.11. The second-order valence-electron chi connectivity index (χ2n) is 11.6. The molecule has 4 aromatic rings. The molecule has 0 unspecified atom stereocenters. The lowest BCUT2D eigenvalue weighted by Gasteiger charge is -2.25. The lowest BCUT2D eigenvalue weighted by Crippen LogP contribution is -2.58. The van der Waals surface area contributed by atoms with Gasteiger partial charge in [0, 0.05) is 19.3 Å². The van der Waals surface area contributed by atoms with E-state index in [2.05, 4.69) is 26.6 Å². The third-order valence-electron chi connectivity index (χ3n) is 7.86. The maximum absolute atomic E-state index is 14.0. The van der Waals surface area contributed by atoms with Gasteiger partial charge < -0.3 is 26.6 Å². The van der Waals surface area contributed by atoms with Crippen LogP contribution in [0.3, 0.4) is 0 Å². The summed E-state index contributed by atoms with van der Waals surface area (Å²) in [6, 6.07) is 28.9. The molecule has 49 heavy (non-hydrogen) atoms. The maximum atomic E-state index is 14.0. The summed E-state index contributed by atoms with van der Waals surface area (Å²) in [6.45, 7) is -0.522. The van der Waals surface area contributed by atoms with Crippen molar-refractivity contribution < 1.29 is 28.4 Å². The van der Waals surface area contributed by atoms with E-state index < -0.39 is 60.0 Å². The van der Waals surface area contributed by atoms with Crippen molar-refractivity contribution in [2.45, 2.75) is 37.4 Å². The minimum Gasteiger partial charge on any atom is -0.345 e. The maximum Gasteiger partial charge on any atom is 0.268 e.